The number of para-hydroxylation sites is 2. The number of nitrogens with zero attached hydrogens (tertiary/aromatic N) is 1. The summed E-state index contributed by atoms with van der Waals surface area (Å²) in [4.78, 5) is 26.9. The normalized spacial score (nSPS) is 10.4. The van der Waals surface area contributed by atoms with Gasteiger partial charge in [-0.05, 0) is 55.7 Å². The first-order chi connectivity index (χ1) is 15.1. The van der Waals surface area contributed by atoms with Crippen molar-refractivity contribution in [3.05, 3.63) is 54.1 Å². The van der Waals surface area contributed by atoms with E-state index < -0.39 is 0 Å². The summed E-state index contributed by atoms with van der Waals surface area (Å²) >= 11 is 0. The van der Waals surface area contributed by atoms with E-state index in [9.17, 15) is 9.59 Å². The summed E-state index contributed by atoms with van der Waals surface area (Å²) in [5.74, 6) is 0.610. The molecule has 0 unspecified atom stereocenters. The molecule has 0 aliphatic heterocycles. The Labute approximate surface area is 186 Å². The van der Waals surface area contributed by atoms with Crippen LogP contribution in [0.5, 0.6) is 5.75 Å². The zero-order valence-corrected chi connectivity index (χ0v) is 18.9. The van der Waals surface area contributed by atoms with E-state index in [1.54, 1.807) is 24.3 Å². The highest BCUT2D eigenvalue weighted by Gasteiger charge is 2.14. The number of hydrogen-bond donors (Lipinski definition) is 2. The Hall–Kier alpha value is -3.02. The van der Waals surface area contributed by atoms with E-state index in [4.69, 9.17) is 4.74 Å². The van der Waals surface area contributed by atoms with Gasteiger partial charge in [0.05, 0.1) is 18.8 Å². The fourth-order valence-electron chi connectivity index (χ4n) is 3.18. The molecular weight excluding hydrogens is 390 g/mol. The number of benzene rings is 2. The van der Waals surface area contributed by atoms with Crippen molar-refractivity contribution in [1.82, 2.24) is 4.90 Å². The van der Waals surface area contributed by atoms with Crippen molar-refractivity contribution in [2.45, 2.75) is 46.5 Å². The lowest BCUT2D eigenvalue weighted by Crippen LogP contribution is -2.32. The summed E-state index contributed by atoms with van der Waals surface area (Å²) in [7, 11) is 0. The Balaban J connectivity index is 1.90. The van der Waals surface area contributed by atoms with Crippen LogP contribution in [0.2, 0.25) is 0 Å². The Kier molecular flexibility index (Phi) is 10.4. The fourth-order valence-corrected chi connectivity index (χ4v) is 3.18. The molecule has 2 aromatic rings. The molecule has 2 N–H and O–H groups in total. The molecule has 0 radical (unpaired) electrons. The summed E-state index contributed by atoms with van der Waals surface area (Å²) in [5, 5.41) is 6.00. The number of anilines is 2. The molecule has 6 nitrogen and oxygen atoms in total. The van der Waals surface area contributed by atoms with Crippen LogP contribution >= 0.6 is 0 Å². The highest BCUT2D eigenvalue weighted by Crippen LogP contribution is 2.23. The number of unbranched alkanes of at least 4 members (excludes halogenated alkanes) is 1. The smallest absolute Gasteiger partial charge is 0.253 e. The van der Waals surface area contributed by atoms with Gasteiger partial charge in [0.25, 0.3) is 5.91 Å². The van der Waals surface area contributed by atoms with Crippen LogP contribution in [0.4, 0.5) is 11.4 Å². The van der Waals surface area contributed by atoms with Crippen molar-refractivity contribution in [2.75, 3.05) is 36.9 Å². The summed E-state index contributed by atoms with van der Waals surface area (Å²) in [5.41, 5.74) is 2.09. The van der Waals surface area contributed by atoms with E-state index in [1.807, 2.05) is 29.2 Å². The minimum Gasteiger partial charge on any atom is -0.491 e. The van der Waals surface area contributed by atoms with Crippen molar-refractivity contribution >= 4 is 23.2 Å². The van der Waals surface area contributed by atoms with Crippen molar-refractivity contribution < 1.29 is 14.3 Å². The van der Waals surface area contributed by atoms with Crippen LogP contribution in [0, 0.1) is 0 Å². The van der Waals surface area contributed by atoms with E-state index >= 15 is 0 Å². The molecule has 0 bridgehead atoms. The Morgan fingerprint density at radius 3 is 2.23 bits per heavy atom. The van der Waals surface area contributed by atoms with E-state index in [-0.39, 0.29) is 18.4 Å². The van der Waals surface area contributed by atoms with Gasteiger partial charge < -0.3 is 20.3 Å². The number of rotatable bonds is 13. The van der Waals surface area contributed by atoms with Crippen LogP contribution in [0.15, 0.2) is 48.5 Å². The molecule has 168 valence electrons. The van der Waals surface area contributed by atoms with Crippen LogP contribution in [0.1, 0.15) is 56.8 Å². The van der Waals surface area contributed by atoms with Crippen LogP contribution < -0.4 is 15.4 Å². The molecule has 6 heteroatoms. The lowest BCUT2D eigenvalue weighted by Gasteiger charge is -2.21. The summed E-state index contributed by atoms with van der Waals surface area (Å²) in [6.45, 7) is 8.53. The van der Waals surface area contributed by atoms with Crippen molar-refractivity contribution in [1.29, 1.82) is 0 Å². The van der Waals surface area contributed by atoms with Gasteiger partial charge in [0.2, 0.25) is 5.91 Å². The van der Waals surface area contributed by atoms with Crippen LogP contribution in [-0.4, -0.2) is 43.0 Å². The van der Waals surface area contributed by atoms with Gasteiger partial charge in [-0.1, -0.05) is 39.3 Å². The van der Waals surface area contributed by atoms with E-state index in [2.05, 4.69) is 31.4 Å². The predicted octanol–water partition coefficient (Wildman–Crippen LogP) is 5.18. The Morgan fingerprint density at radius 1 is 0.903 bits per heavy atom. The number of nitrogens with one attached hydrogen (secondary N) is 2. The second-order valence-electron chi connectivity index (χ2n) is 7.47. The average Bonchev–Trinajstić information content (AvgIpc) is 2.78. The zero-order chi connectivity index (χ0) is 22.5. The molecule has 0 atom stereocenters. The van der Waals surface area contributed by atoms with Gasteiger partial charge in [0.15, 0.2) is 0 Å². The Bertz CT molecular complexity index is 815. The minimum absolute atomic E-state index is 0.0305. The minimum atomic E-state index is -0.166. The largest absolute Gasteiger partial charge is 0.491 e. The molecule has 0 aliphatic rings. The first-order valence-corrected chi connectivity index (χ1v) is 11.2. The van der Waals surface area contributed by atoms with E-state index in [1.165, 1.54) is 0 Å². The molecule has 0 aliphatic carbocycles. The molecule has 2 amide bonds. The summed E-state index contributed by atoms with van der Waals surface area (Å²) in [6.07, 6.45) is 3.92. The highest BCUT2D eigenvalue weighted by atomic mass is 16.5. The van der Waals surface area contributed by atoms with Gasteiger partial charge >= 0.3 is 0 Å². The maximum absolute atomic E-state index is 12.7. The van der Waals surface area contributed by atoms with Crippen LogP contribution in [0.3, 0.4) is 0 Å². The third-order valence-electron chi connectivity index (χ3n) is 4.77. The fraction of sp³-hybridized carbons (Fsp3) is 0.440. The second-order valence-corrected chi connectivity index (χ2v) is 7.47. The SMILES string of the molecule is CCCCOc1ccccc1NCC(=O)Nc1ccc(C(=O)N(CCC)CCC)cc1. The number of carbonyl (C=O) groups excluding carboxylic acids is 2. The third kappa shape index (κ3) is 7.96. The van der Waals surface area contributed by atoms with Gasteiger partial charge in [0, 0.05) is 24.3 Å². The van der Waals surface area contributed by atoms with Gasteiger partial charge in [-0.15, -0.1) is 0 Å². The topological polar surface area (TPSA) is 70.7 Å². The molecule has 0 fully saturated rings. The number of hydrogen-bond acceptors (Lipinski definition) is 4. The first-order valence-electron chi connectivity index (χ1n) is 11.2. The number of carbonyl (C=O) groups is 2. The monoisotopic (exact) mass is 425 g/mol. The van der Waals surface area contributed by atoms with E-state index in [0.29, 0.717) is 17.9 Å². The lowest BCUT2D eigenvalue weighted by molar-refractivity contribution is -0.114. The third-order valence-corrected chi connectivity index (χ3v) is 4.77. The van der Waals surface area contributed by atoms with Gasteiger partial charge in [-0.25, -0.2) is 0 Å². The molecule has 2 rings (SSSR count). The molecule has 2 aromatic carbocycles. The van der Waals surface area contributed by atoms with Gasteiger partial charge in [-0.2, -0.15) is 0 Å². The first kappa shape index (κ1) is 24.3. The quantitative estimate of drug-likeness (QED) is 0.434. The van der Waals surface area contributed by atoms with E-state index in [0.717, 1.165) is 50.2 Å². The van der Waals surface area contributed by atoms with Crippen molar-refractivity contribution in [3.8, 4) is 5.75 Å². The average molecular weight is 426 g/mol. The number of ether oxygens (including phenoxy) is 1. The van der Waals surface area contributed by atoms with Crippen molar-refractivity contribution in [3.63, 3.8) is 0 Å². The molecule has 0 saturated carbocycles. The standard InChI is InChI=1S/C25H35N3O3/c1-4-7-18-31-23-11-9-8-10-22(23)26-19-24(29)27-21-14-12-20(13-15-21)25(30)28(16-5-2)17-6-3/h8-15,26H,4-7,16-19H2,1-3H3,(H,27,29). The van der Waals surface area contributed by atoms with Gasteiger partial charge in [0.1, 0.15) is 5.75 Å². The lowest BCUT2D eigenvalue weighted by atomic mass is 10.1. The molecule has 31 heavy (non-hydrogen) atoms. The van der Waals surface area contributed by atoms with Crippen LogP contribution in [-0.2, 0) is 4.79 Å². The molecule has 0 aromatic heterocycles. The maximum atomic E-state index is 12.7. The number of amides is 2. The molecular formula is C25H35N3O3. The molecule has 0 saturated heterocycles. The summed E-state index contributed by atoms with van der Waals surface area (Å²) < 4.78 is 5.79. The maximum Gasteiger partial charge on any atom is 0.253 e. The van der Waals surface area contributed by atoms with Crippen molar-refractivity contribution in [2.24, 2.45) is 0 Å². The zero-order valence-electron chi connectivity index (χ0n) is 18.9. The van der Waals surface area contributed by atoms with Crippen LogP contribution in [0.25, 0.3) is 0 Å². The molecule has 0 heterocycles. The Morgan fingerprint density at radius 2 is 1.58 bits per heavy atom. The molecule has 0 spiro atoms. The summed E-state index contributed by atoms with van der Waals surface area (Å²) in [6, 6.07) is 14.7. The highest BCUT2D eigenvalue weighted by molar-refractivity contribution is 5.96. The second kappa shape index (κ2) is 13.3. The predicted molar refractivity (Wildman–Crippen MR) is 127 cm³/mol. The van der Waals surface area contributed by atoms with Gasteiger partial charge in [-0.3, -0.25) is 9.59 Å².